The highest BCUT2D eigenvalue weighted by Crippen LogP contribution is 2.25. The van der Waals surface area contributed by atoms with Gasteiger partial charge in [-0.25, -0.2) is 4.79 Å². The Morgan fingerprint density at radius 1 is 1.13 bits per heavy atom. The number of carbonyl (C=O) groups excluding carboxylic acids is 4. The van der Waals surface area contributed by atoms with Gasteiger partial charge in [0.2, 0.25) is 0 Å². The third-order valence-electron chi connectivity index (χ3n) is 5.73. The minimum Gasteiger partial charge on any atom is -0.452 e. The van der Waals surface area contributed by atoms with Crippen molar-refractivity contribution in [1.82, 2.24) is 10.2 Å². The lowest BCUT2D eigenvalue weighted by Gasteiger charge is -2.29. The van der Waals surface area contributed by atoms with Crippen LogP contribution in [0.2, 0.25) is 0 Å². The molecular weight excluding hydrogens is 388 g/mol. The molecule has 0 saturated heterocycles. The van der Waals surface area contributed by atoms with Crippen LogP contribution < -0.4 is 5.32 Å². The molecule has 0 radical (unpaired) electrons. The Balaban J connectivity index is 1.57. The van der Waals surface area contributed by atoms with Gasteiger partial charge in [-0.2, -0.15) is 0 Å². The van der Waals surface area contributed by atoms with E-state index >= 15 is 0 Å². The van der Waals surface area contributed by atoms with Crippen LogP contribution >= 0.6 is 0 Å². The highest BCUT2D eigenvalue weighted by atomic mass is 16.5. The van der Waals surface area contributed by atoms with Gasteiger partial charge in [-0.1, -0.05) is 19.8 Å². The second-order valence-corrected chi connectivity index (χ2v) is 7.88. The van der Waals surface area contributed by atoms with E-state index in [4.69, 9.17) is 9.47 Å². The average molecular weight is 416 g/mol. The number of fused-ring (bicyclic) bond motifs is 1. The topological polar surface area (TPSA) is 102 Å². The van der Waals surface area contributed by atoms with E-state index in [0.717, 1.165) is 24.2 Å². The summed E-state index contributed by atoms with van der Waals surface area (Å²) < 4.78 is 10.1. The number of nitrogens with zero attached hydrogens (tertiary/aromatic N) is 1. The van der Waals surface area contributed by atoms with Crippen LogP contribution in [0.3, 0.4) is 0 Å². The summed E-state index contributed by atoms with van der Waals surface area (Å²) in [6.07, 6.45) is 4.80. The molecule has 1 fully saturated rings. The molecule has 2 aliphatic rings. The highest BCUT2D eigenvalue weighted by Gasteiger charge is 2.35. The van der Waals surface area contributed by atoms with E-state index in [1.807, 2.05) is 0 Å². The van der Waals surface area contributed by atoms with Gasteiger partial charge in [0, 0.05) is 26.3 Å². The molecule has 8 heteroatoms. The van der Waals surface area contributed by atoms with Gasteiger partial charge in [0.1, 0.15) is 0 Å². The molecule has 1 saturated carbocycles. The predicted octanol–water partition coefficient (Wildman–Crippen LogP) is 2.17. The molecule has 3 amide bonds. The summed E-state index contributed by atoms with van der Waals surface area (Å²) in [5, 5.41) is 2.93. The van der Waals surface area contributed by atoms with E-state index in [9.17, 15) is 19.2 Å². The van der Waals surface area contributed by atoms with Crippen LogP contribution in [-0.4, -0.2) is 61.5 Å². The average Bonchev–Trinajstić information content (AvgIpc) is 2.98. The van der Waals surface area contributed by atoms with Gasteiger partial charge in [-0.3, -0.25) is 19.3 Å². The number of ether oxygens (including phenoxy) is 2. The van der Waals surface area contributed by atoms with E-state index in [-0.39, 0.29) is 47.7 Å². The lowest BCUT2D eigenvalue weighted by atomic mass is 9.86. The van der Waals surface area contributed by atoms with Gasteiger partial charge in [0.15, 0.2) is 6.61 Å². The first-order chi connectivity index (χ1) is 14.4. The van der Waals surface area contributed by atoms with E-state index in [1.54, 1.807) is 7.11 Å². The molecule has 0 aromatic heterocycles. The van der Waals surface area contributed by atoms with Crippen molar-refractivity contribution in [2.75, 3.05) is 26.9 Å². The number of esters is 1. The molecule has 1 aliphatic heterocycles. The molecule has 162 valence electrons. The first-order valence-electron chi connectivity index (χ1n) is 10.4. The molecule has 1 aromatic rings. The van der Waals surface area contributed by atoms with Crippen molar-refractivity contribution in [2.24, 2.45) is 5.92 Å². The molecule has 0 spiro atoms. The Morgan fingerprint density at radius 3 is 2.60 bits per heavy atom. The van der Waals surface area contributed by atoms with Gasteiger partial charge in [0.05, 0.1) is 16.7 Å². The highest BCUT2D eigenvalue weighted by molar-refractivity contribution is 6.21. The fraction of sp³-hybridized carbons (Fsp3) is 0.545. The minimum absolute atomic E-state index is 0.109. The maximum absolute atomic E-state index is 12.5. The number of hydrogen-bond acceptors (Lipinski definition) is 6. The lowest BCUT2D eigenvalue weighted by Crippen LogP contribution is -2.42. The zero-order valence-electron chi connectivity index (χ0n) is 17.4. The number of carbonyl (C=O) groups is 4. The number of methoxy groups -OCH3 is 1. The summed E-state index contributed by atoms with van der Waals surface area (Å²) in [4.78, 5) is 50.6. The second-order valence-electron chi connectivity index (χ2n) is 7.88. The zero-order chi connectivity index (χ0) is 21.7. The molecule has 1 aliphatic carbocycles. The van der Waals surface area contributed by atoms with Crippen LogP contribution in [0.4, 0.5) is 0 Å². The summed E-state index contributed by atoms with van der Waals surface area (Å²) in [5.74, 6) is -1.45. The minimum atomic E-state index is -0.706. The van der Waals surface area contributed by atoms with E-state index < -0.39 is 11.9 Å². The number of hydrogen-bond donors (Lipinski definition) is 1. The maximum atomic E-state index is 12.5. The molecule has 30 heavy (non-hydrogen) atoms. The standard InChI is InChI=1S/C22H28N2O6/c1-14-6-3-4-7-18(14)23-19(25)13-30-22(28)15-8-9-16-17(12-15)21(27)24(20(16)26)10-5-11-29-2/h8-9,12,14,18H,3-7,10-11,13H2,1-2H3,(H,23,25)/t14-,18+/m1/s1. The van der Waals surface area contributed by atoms with Crippen molar-refractivity contribution < 1.29 is 28.7 Å². The Morgan fingerprint density at radius 2 is 1.87 bits per heavy atom. The van der Waals surface area contributed by atoms with Crippen molar-refractivity contribution in [3.8, 4) is 0 Å². The number of rotatable bonds is 8. The van der Waals surface area contributed by atoms with Crippen molar-refractivity contribution >= 4 is 23.7 Å². The van der Waals surface area contributed by atoms with Crippen molar-refractivity contribution in [1.29, 1.82) is 0 Å². The Kier molecular flexibility index (Phi) is 7.20. The monoisotopic (exact) mass is 416 g/mol. The van der Waals surface area contributed by atoms with Gasteiger partial charge in [-0.05, 0) is 43.4 Å². The molecule has 8 nitrogen and oxygen atoms in total. The lowest BCUT2D eigenvalue weighted by molar-refractivity contribution is -0.125. The Hall–Kier alpha value is -2.74. The Labute approximate surface area is 175 Å². The van der Waals surface area contributed by atoms with Crippen LogP contribution in [0, 0.1) is 5.92 Å². The number of benzene rings is 1. The van der Waals surface area contributed by atoms with Gasteiger partial charge >= 0.3 is 5.97 Å². The van der Waals surface area contributed by atoms with Gasteiger partial charge in [-0.15, -0.1) is 0 Å². The molecule has 2 atom stereocenters. The van der Waals surface area contributed by atoms with Gasteiger partial charge < -0.3 is 14.8 Å². The molecule has 3 rings (SSSR count). The third-order valence-corrected chi connectivity index (χ3v) is 5.73. The smallest absolute Gasteiger partial charge is 0.338 e. The van der Waals surface area contributed by atoms with Crippen LogP contribution in [0.1, 0.15) is 70.1 Å². The molecular formula is C22H28N2O6. The van der Waals surface area contributed by atoms with E-state index in [1.165, 1.54) is 24.6 Å². The summed E-state index contributed by atoms with van der Waals surface area (Å²) in [7, 11) is 1.55. The van der Waals surface area contributed by atoms with Crippen LogP contribution in [-0.2, 0) is 14.3 Å². The Bertz CT molecular complexity index is 837. The molecule has 1 N–H and O–H groups in total. The first kappa shape index (κ1) is 22.0. The first-order valence-corrected chi connectivity index (χ1v) is 10.4. The summed E-state index contributed by atoms with van der Waals surface area (Å²) in [6.45, 7) is 2.42. The second kappa shape index (κ2) is 9.84. The summed E-state index contributed by atoms with van der Waals surface area (Å²) in [6, 6.07) is 4.35. The van der Waals surface area contributed by atoms with Crippen LogP contribution in [0.25, 0.3) is 0 Å². The van der Waals surface area contributed by atoms with Crippen molar-refractivity contribution in [3.63, 3.8) is 0 Å². The molecule has 1 aromatic carbocycles. The quantitative estimate of drug-likeness (QED) is 0.396. The molecule has 0 unspecified atom stereocenters. The SMILES string of the molecule is COCCCN1C(=O)c2ccc(C(=O)OCC(=O)N[C@H]3CCCC[C@H]3C)cc2C1=O. The number of imide groups is 1. The fourth-order valence-corrected chi connectivity index (χ4v) is 3.98. The molecule has 1 heterocycles. The van der Waals surface area contributed by atoms with E-state index in [0.29, 0.717) is 18.9 Å². The van der Waals surface area contributed by atoms with Crippen molar-refractivity contribution in [3.05, 3.63) is 34.9 Å². The fourth-order valence-electron chi connectivity index (χ4n) is 3.98. The predicted molar refractivity (Wildman–Crippen MR) is 108 cm³/mol. The largest absolute Gasteiger partial charge is 0.452 e. The van der Waals surface area contributed by atoms with E-state index in [2.05, 4.69) is 12.2 Å². The normalized spacial score (nSPS) is 20.8. The van der Waals surface area contributed by atoms with Crippen molar-refractivity contribution in [2.45, 2.75) is 45.1 Å². The summed E-state index contributed by atoms with van der Waals surface area (Å²) in [5.41, 5.74) is 0.567. The third kappa shape index (κ3) is 4.87. The maximum Gasteiger partial charge on any atom is 0.338 e. The molecule has 0 bridgehead atoms. The van der Waals surface area contributed by atoms with Crippen LogP contribution in [0.15, 0.2) is 18.2 Å². The van der Waals surface area contributed by atoms with Crippen LogP contribution in [0.5, 0.6) is 0 Å². The van der Waals surface area contributed by atoms with Gasteiger partial charge in [0.25, 0.3) is 17.7 Å². The summed E-state index contributed by atoms with van der Waals surface area (Å²) >= 11 is 0. The zero-order valence-corrected chi connectivity index (χ0v) is 17.4. The number of amides is 3. The number of nitrogens with one attached hydrogen (secondary N) is 1.